The Balaban J connectivity index is 1.94. The molecule has 4 N–H and O–H groups in total. The summed E-state index contributed by atoms with van der Waals surface area (Å²) in [6.07, 6.45) is 11.7. The minimum absolute atomic E-state index is 0.0830. The number of hydrogen-bond donors (Lipinski definition) is 3. The number of hydrogen-bond acceptors (Lipinski definition) is 5. The maximum absolute atomic E-state index is 13.0. The molecule has 1 unspecified atom stereocenters. The molecule has 0 spiro atoms. The molecule has 6 heteroatoms. The number of rotatable bonds is 16. The summed E-state index contributed by atoms with van der Waals surface area (Å²) < 4.78 is 0. The van der Waals surface area contributed by atoms with Gasteiger partial charge < -0.3 is 21.3 Å². The van der Waals surface area contributed by atoms with Crippen molar-refractivity contribution in [2.45, 2.75) is 57.5 Å². The molecule has 0 aliphatic carbocycles. The van der Waals surface area contributed by atoms with Crippen molar-refractivity contribution in [2.24, 2.45) is 5.73 Å². The molecule has 2 aromatic rings. The molecule has 0 bridgehead atoms. The van der Waals surface area contributed by atoms with Crippen molar-refractivity contribution >= 4 is 5.91 Å². The minimum atomic E-state index is -0.235. The highest BCUT2D eigenvalue weighted by atomic mass is 16.2. The molecular formula is C30H43N5O. The van der Waals surface area contributed by atoms with Crippen molar-refractivity contribution in [1.29, 1.82) is 0 Å². The van der Waals surface area contributed by atoms with Gasteiger partial charge in [0.15, 0.2) is 0 Å². The number of pyridine rings is 1. The number of likely N-dealkylation sites (N-methyl/N-ethyl adjacent to an activating group) is 1. The van der Waals surface area contributed by atoms with Gasteiger partial charge in [0.2, 0.25) is 5.91 Å². The first-order chi connectivity index (χ1) is 17.3. The lowest BCUT2D eigenvalue weighted by Crippen LogP contribution is -2.45. The van der Waals surface area contributed by atoms with Gasteiger partial charge in [-0.15, -0.1) is 0 Å². The van der Waals surface area contributed by atoms with E-state index in [4.69, 9.17) is 5.73 Å². The summed E-state index contributed by atoms with van der Waals surface area (Å²) in [7, 11) is 1.87. The summed E-state index contributed by atoms with van der Waals surface area (Å²) in [5, 5.41) is 6.56. The summed E-state index contributed by atoms with van der Waals surface area (Å²) in [5.41, 5.74) is 10.1. The third-order valence-electron chi connectivity index (χ3n) is 6.67. The molecule has 6 nitrogen and oxygen atoms in total. The van der Waals surface area contributed by atoms with Crippen LogP contribution in [0.4, 0.5) is 0 Å². The molecule has 1 aromatic heterocycles. The normalized spacial score (nSPS) is 12.2. The quantitative estimate of drug-likeness (QED) is 0.305. The SMILES string of the molecule is C=C(NCCc1ccncc1)C(Cc1ccccc1)NC(=O)CN(C)C(=C)/C=C/CC(N)(CC)CC. The second-order valence-electron chi connectivity index (χ2n) is 9.39. The van der Waals surface area contributed by atoms with Crippen molar-refractivity contribution in [3.63, 3.8) is 0 Å². The summed E-state index contributed by atoms with van der Waals surface area (Å²) in [4.78, 5) is 18.9. The molecule has 0 radical (unpaired) electrons. The topological polar surface area (TPSA) is 83.3 Å². The number of benzene rings is 1. The Kier molecular flexibility index (Phi) is 11.9. The molecule has 0 saturated heterocycles. The Morgan fingerprint density at radius 1 is 1.11 bits per heavy atom. The Bertz CT molecular complexity index is 983. The van der Waals surface area contributed by atoms with Crippen LogP contribution in [0, 0.1) is 0 Å². The third kappa shape index (κ3) is 10.1. The molecule has 2 rings (SSSR count). The van der Waals surface area contributed by atoms with E-state index in [1.165, 1.54) is 5.56 Å². The predicted octanol–water partition coefficient (Wildman–Crippen LogP) is 4.36. The molecule has 0 aliphatic heterocycles. The van der Waals surface area contributed by atoms with Gasteiger partial charge in [-0.1, -0.05) is 63.4 Å². The highest BCUT2D eigenvalue weighted by Crippen LogP contribution is 2.17. The maximum atomic E-state index is 13.0. The van der Waals surface area contributed by atoms with Gasteiger partial charge in [0, 0.05) is 42.9 Å². The number of nitrogens with two attached hydrogens (primary N) is 1. The maximum Gasteiger partial charge on any atom is 0.240 e. The number of allylic oxidation sites excluding steroid dienone is 1. The monoisotopic (exact) mass is 489 g/mol. The summed E-state index contributed by atoms with van der Waals surface area (Å²) in [5.74, 6) is -0.0830. The molecule has 194 valence electrons. The molecular weight excluding hydrogens is 446 g/mol. The van der Waals surface area contributed by atoms with E-state index in [1.807, 2.05) is 48.4 Å². The Hall–Kier alpha value is -3.38. The Morgan fingerprint density at radius 2 is 1.78 bits per heavy atom. The highest BCUT2D eigenvalue weighted by molar-refractivity contribution is 5.79. The Morgan fingerprint density at radius 3 is 2.42 bits per heavy atom. The molecule has 1 amide bonds. The van der Waals surface area contributed by atoms with Crippen molar-refractivity contribution in [3.8, 4) is 0 Å². The first-order valence-corrected chi connectivity index (χ1v) is 12.8. The smallest absolute Gasteiger partial charge is 0.240 e. The highest BCUT2D eigenvalue weighted by Gasteiger charge is 2.19. The van der Waals surface area contributed by atoms with Crippen LogP contribution in [0.1, 0.15) is 44.2 Å². The van der Waals surface area contributed by atoms with Crippen LogP contribution in [0.25, 0.3) is 0 Å². The standard InChI is InChI=1S/C30H43N5O/c1-6-30(31,7-2)18-11-12-24(3)35(5)23-29(36)34-28(22-27-13-9-8-10-14-27)25(4)33-21-17-26-15-19-32-20-16-26/h8-16,19-20,28,33H,3-4,6-7,17-18,21-23,31H2,1-2,5H3,(H,34,36)/b12-11+. The lowest BCUT2D eigenvalue weighted by atomic mass is 9.90. The summed E-state index contributed by atoms with van der Waals surface area (Å²) >= 11 is 0. The lowest BCUT2D eigenvalue weighted by molar-refractivity contribution is -0.122. The van der Waals surface area contributed by atoms with Crippen LogP contribution >= 0.6 is 0 Å². The zero-order valence-corrected chi connectivity index (χ0v) is 22.2. The van der Waals surface area contributed by atoms with Gasteiger partial charge in [-0.05, 0) is 61.4 Å². The van der Waals surface area contributed by atoms with Crippen molar-refractivity contribution in [3.05, 3.63) is 103 Å². The molecule has 0 saturated carbocycles. The second kappa shape index (κ2) is 14.9. The van der Waals surface area contributed by atoms with Gasteiger partial charge in [0.25, 0.3) is 0 Å². The largest absolute Gasteiger partial charge is 0.387 e. The van der Waals surface area contributed by atoms with Crippen LogP contribution in [0.15, 0.2) is 91.6 Å². The summed E-state index contributed by atoms with van der Waals surface area (Å²) in [6, 6.07) is 13.9. The number of carbonyl (C=O) groups excluding carboxylic acids is 1. The first-order valence-electron chi connectivity index (χ1n) is 12.8. The van der Waals surface area contributed by atoms with Crippen LogP contribution in [0.2, 0.25) is 0 Å². The first kappa shape index (κ1) is 28.9. The van der Waals surface area contributed by atoms with E-state index in [2.05, 4.69) is 60.8 Å². The molecule has 1 heterocycles. The lowest BCUT2D eigenvalue weighted by Gasteiger charge is -2.26. The average molecular weight is 490 g/mol. The van der Waals surface area contributed by atoms with Crippen LogP contribution < -0.4 is 16.4 Å². The average Bonchev–Trinajstić information content (AvgIpc) is 2.89. The van der Waals surface area contributed by atoms with E-state index in [0.717, 1.165) is 49.2 Å². The van der Waals surface area contributed by atoms with Gasteiger partial charge in [-0.25, -0.2) is 0 Å². The number of carbonyl (C=O) groups is 1. The second-order valence-corrected chi connectivity index (χ2v) is 9.39. The van der Waals surface area contributed by atoms with Crippen LogP contribution in [0.3, 0.4) is 0 Å². The van der Waals surface area contributed by atoms with Crippen LogP contribution in [-0.4, -0.2) is 47.5 Å². The van der Waals surface area contributed by atoms with Gasteiger partial charge in [0.05, 0.1) is 12.6 Å². The van der Waals surface area contributed by atoms with Gasteiger partial charge in [-0.2, -0.15) is 0 Å². The number of aromatic nitrogens is 1. The third-order valence-corrected chi connectivity index (χ3v) is 6.67. The van der Waals surface area contributed by atoms with E-state index < -0.39 is 0 Å². The molecule has 1 aromatic carbocycles. The van der Waals surface area contributed by atoms with E-state index in [0.29, 0.717) is 6.42 Å². The van der Waals surface area contributed by atoms with E-state index in [-0.39, 0.29) is 24.0 Å². The van der Waals surface area contributed by atoms with E-state index in [1.54, 1.807) is 12.4 Å². The minimum Gasteiger partial charge on any atom is -0.387 e. The van der Waals surface area contributed by atoms with Crippen LogP contribution in [-0.2, 0) is 17.6 Å². The fourth-order valence-electron chi connectivity index (χ4n) is 3.80. The summed E-state index contributed by atoms with van der Waals surface area (Å²) in [6.45, 7) is 13.5. The van der Waals surface area contributed by atoms with Gasteiger partial charge in [0.1, 0.15) is 0 Å². The number of nitrogens with one attached hydrogen (secondary N) is 2. The van der Waals surface area contributed by atoms with Crippen molar-refractivity contribution in [1.82, 2.24) is 20.5 Å². The number of nitrogens with zero attached hydrogens (tertiary/aromatic N) is 2. The van der Waals surface area contributed by atoms with E-state index >= 15 is 0 Å². The molecule has 0 aliphatic rings. The van der Waals surface area contributed by atoms with Crippen molar-refractivity contribution < 1.29 is 4.79 Å². The van der Waals surface area contributed by atoms with E-state index in [9.17, 15) is 4.79 Å². The van der Waals surface area contributed by atoms with Crippen molar-refractivity contribution in [2.75, 3.05) is 20.1 Å². The molecule has 36 heavy (non-hydrogen) atoms. The fourth-order valence-corrected chi connectivity index (χ4v) is 3.80. The van der Waals surface area contributed by atoms with Gasteiger partial charge >= 0.3 is 0 Å². The van der Waals surface area contributed by atoms with Crippen LogP contribution in [0.5, 0.6) is 0 Å². The zero-order chi connectivity index (χ0) is 26.4. The predicted molar refractivity (Wildman–Crippen MR) is 150 cm³/mol. The van der Waals surface area contributed by atoms with Gasteiger partial charge in [-0.3, -0.25) is 9.78 Å². The zero-order valence-electron chi connectivity index (χ0n) is 22.2. The molecule has 0 fully saturated rings. The number of amides is 1. The molecule has 1 atom stereocenters. The Labute approximate surface area is 217 Å². The fraction of sp³-hybridized carbons (Fsp3) is 0.400.